The molecular formula is C22H17N5O. The molecule has 2 aromatic carbocycles. The van der Waals surface area contributed by atoms with E-state index in [1.807, 2.05) is 89.7 Å². The first-order valence-corrected chi connectivity index (χ1v) is 8.92. The molecule has 0 N–H and O–H groups in total. The molecule has 28 heavy (non-hydrogen) atoms. The van der Waals surface area contributed by atoms with Crippen molar-refractivity contribution in [2.45, 2.75) is 0 Å². The van der Waals surface area contributed by atoms with Gasteiger partial charge in [-0.1, -0.05) is 29.5 Å². The van der Waals surface area contributed by atoms with Gasteiger partial charge in [-0.3, -0.25) is 0 Å². The van der Waals surface area contributed by atoms with Crippen LogP contribution in [0.4, 0.5) is 0 Å². The SMILES string of the molecule is COc1ccc(-c2cn(-c3ccccc3-c3cn4ccccc4n3)nn2)cc1. The Kier molecular flexibility index (Phi) is 3.87. The van der Waals surface area contributed by atoms with E-state index >= 15 is 0 Å². The topological polar surface area (TPSA) is 57.2 Å². The van der Waals surface area contributed by atoms with Gasteiger partial charge in [0.2, 0.25) is 0 Å². The standard InChI is InChI=1S/C22H17N5O/c1-28-17-11-9-16(10-12-17)19-15-27(25-24-19)21-7-3-2-6-18(21)20-14-26-13-5-4-8-22(26)23-20/h2-15H,1H3. The van der Waals surface area contributed by atoms with Crippen molar-refractivity contribution in [2.75, 3.05) is 7.11 Å². The highest BCUT2D eigenvalue weighted by Crippen LogP contribution is 2.27. The second-order valence-electron chi connectivity index (χ2n) is 6.39. The molecule has 136 valence electrons. The summed E-state index contributed by atoms with van der Waals surface area (Å²) in [7, 11) is 1.65. The van der Waals surface area contributed by atoms with Gasteiger partial charge in [0.1, 0.15) is 17.1 Å². The van der Waals surface area contributed by atoms with Crippen LogP contribution in [-0.2, 0) is 0 Å². The van der Waals surface area contributed by atoms with Crippen molar-refractivity contribution in [1.29, 1.82) is 0 Å². The molecule has 0 spiro atoms. The van der Waals surface area contributed by atoms with E-state index in [0.29, 0.717) is 0 Å². The summed E-state index contributed by atoms with van der Waals surface area (Å²) in [4.78, 5) is 4.74. The minimum atomic E-state index is 0.799. The van der Waals surface area contributed by atoms with E-state index in [-0.39, 0.29) is 0 Å². The zero-order valence-electron chi connectivity index (χ0n) is 15.2. The minimum Gasteiger partial charge on any atom is -0.497 e. The predicted octanol–water partition coefficient (Wildman–Crippen LogP) is 4.26. The van der Waals surface area contributed by atoms with Crippen LogP contribution in [0.1, 0.15) is 0 Å². The summed E-state index contributed by atoms with van der Waals surface area (Å²) in [6.45, 7) is 0. The molecule has 0 saturated carbocycles. The van der Waals surface area contributed by atoms with Gasteiger partial charge in [0.15, 0.2) is 0 Å². The minimum absolute atomic E-state index is 0.799. The highest BCUT2D eigenvalue weighted by Gasteiger charge is 2.13. The lowest BCUT2D eigenvalue weighted by atomic mass is 10.1. The van der Waals surface area contributed by atoms with E-state index < -0.39 is 0 Å². The lowest BCUT2D eigenvalue weighted by molar-refractivity contribution is 0.415. The molecule has 0 amide bonds. The Hall–Kier alpha value is -3.93. The highest BCUT2D eigenvalue weighted by molar-refractivity contribution is 5.72. The molecule has 0 aliphatic heterocycles. The number of imidazole rings is 1. The van der Waals surface area contributed by atoms with E-state index in [9.17, 15) is 0 Å². The van der Waals surface area contributed by atoms with E-state index in [4.69, 9.17) is 9.72 Å². The van der Waals surface area contributed by atoms with Crippen LogP contribution in [0.25, 0.3) is 33.8 Å². The van der Waals surface area contributed by atoms with Crippen LogP contribution >= 0.6 is 0 Å². The van der Waals surface area contributed by atoms with Gasteiger partial charge < -0.3 is 9.14 Å². The first-order valence-electron chi connectivity index (χ1n) is 8.92. The summed E-state index contributed by atoms with van der Waals surface area (Å²) in [5.41, 5.74) is 5.51. The van der Waals surface area contributed by atoms with Crippen molar-refractivity contribution in [1.82, 2.24) is 24.4 Å². The largest absolute Gasteiger partial charge is 0.497 e. The van der Waals surface area contributed by atoms with Crippen molar-refractivity contribution in [2.24, 2.45) is 0 Å². The van der Waals surface area contributed by atoms with Crippen LogP contribution in [0, 0.1) is 0 Å². The Labute approximate surface area is 161 Å². The summed E-state index contributed by atoms with van der Waals surface area (Å²) >= 11 is 0. The number of para-hydroxylation sites is 1. The molecule has 0 fully saturated rings. The van der Waals surface area contributed by atoms with Crippen LogP contribution < -0.4 is 4.74 Å². The number of fused-ring (bicyclic) bond motifs is 1. The molecule has 6 heteroatoms. The van der Waals surface area contributed by atoms with Gasteiger partial charge in [-0.2, -0.15) is 0 Å². The maximum atomic E-state index is 5.22. The molecule has 0 atom stereocenters. The van der Waals surface area contributed by atoms with Crippen molar-refractivity contribution in [3.8, 4) is 34.0 Å². The van der Waals surface area contributed by atoms with Crippen molar-refractivity contribution >= 4 is 5.65 Å². The van der Waals surface area contributed by atoms with Gasteiger partial charge in [0, 0.05) is 23.5 Å². The van der Waals surface area contributed by atoms with Gasteiger partial charge in [0.25, 0.3) is 0 Å². The molecule has 0 aliphatic carbocycles. The predicted molar refractivity (Wildman–Crippen MR) is 108 cm³/mol. The fraction of sp³-hybridized carbons (Fsp3) is 0.0455. The smallest absolute Gasteiger partial charge is 0.137 e. The molecular weight excluding hydrogens is 350 g/mol. The molecule has 3 heterocycles. The third kappa shape index (κ3) is 2.81. The summed E-state index contributed by atoms with van der Waals surface area (Å²) < 4.78 is 9.02. The number of pyridine rings is 1. The number of hydrogen-bond donors (Lipinski definition) is 0. The highest BCUT2D eigenvalue weighted by atomic mass is 16.5. The van der Waals surface area contributed by atoms with Crippen LogP contribution in [0.15, 0.2) is 85.3 Å². The Morgan fingerprint density at radius 2 is 1.64 bits per heavy atom. The number of ether oxygens (including phenoxy) is 1. The van der Waals surface area contributed by atoms with Gasteiger partial charge in [-0.25, -0.2) is 9.67 Å². The lowest BCUT2D eigenvalue weighted by Gasteiger charge is -2.06. The third-order valence-corrected chi connectivity index (χ3v) is 4.67. The summed E-state index contributed by atoms with van der Waals surface area (Å²) in [6.07, 6.45) is 5.94. The van der Waals surface area contributed by atoms with Crippen molar-refractivity contribution in [3.63, 3.8) is 0 Å². The van der Waals surface area contributed by atoms with Crippen LogP contribution in [0.3, 0.4) is 0 Å². The molecule has 3 aromatic heterocycles. The quantitative estimate of drug-likeness (QED) is 0.476. The van der Waals surface area contributed by atoms with Crippen LogP contribution in [-0.4, -0.2) is 31.5 Å². The molecule has 0 radical (unpaired) electrons. The average Bonchev–Trinajstić information content (AvgIpc) is 3.41. The number of methoxy groups -OCH3 is 1. The lowest BCUT2D eigenvalue weighted by Crippen LogP contribution is -1.97. The van der Waals surface area contributed by atoms with E-state index in [2.05, 4.69) is 10.3 Å². The Bertz CT molecular complexity index is 1220. The third-order valence-electron chi connectivity index (χ3n) is 4.67. The second kappa shape index (κ2) is 6.66. The van der Waals surface area contributed by atoms with Gasteiger partial charge in [-0.05, 0) is 42.5 Å². The van der Waals surface area contributed by atoms with Gasteiger partial charge >= 0.3 is 0 Å². The molecule has 0 unspecified atom stereocenters. The summed E-state index contributed by atoms with van der Waals surface area (Å²) in [5, 5.41) is 8.69. The maximum Gasteiger partial charge on any atom is 0.137 e. The Morgan fingerprint density at radius 1 is 0.821 bits per heavy atom. The molecule has 0 bridgehead atoms. The molecule has 0 aliphatic rings. The number of hydrogen-bond acceptors (Lipinski definition) is 4. The zero-order valence-corrected chi connectivity index (χ0v) is 15.2. The number of nitrogens with zero attached hydrogens (tertiary/aromatic N) is 5. The van der Waals surface area contributed by atoms with E-state index in [1.165, 1.54) is 0 Å². The first-order chi connectivity index (χ1) is 13.8. The van der Waals surface area contributed by atoms with Crippen LogP contribution in [0.2, 0.25) is 0 Å². The fourth-order valence-electron chi connectivity index (χ4n) is 3.23. The number of rotatable bonds is 4. The molecule has 5 aromatic rings. The average molecular weight is 367 g/mol. The summed E-state index contributed by atoms with van der Waals surface area (Å²) in [6, 6.07) is 21.8. The Balaban J connectivity index is 1.56. The molecule has 6 nitrogen and oxygen atoms in total. The number of benzene rings is 2. The second-order valence-corrected chi connectivity index (χ2v) is 6.39. The van der Waals surface area contributed by atoms with Crippen molar-refractivity contribution in [3.05, 3.63) is 85.3 Å². The van der Waals surface area contributed by atoms with E-state index in [1.54, 1.807) is 11.8 Å². The monoisotopic (exact) mass is 367 g/mol. The van der Waals surface area contributed by atoms with Crippen molar-refractivity contribution < 1.29 is 4.74 Å². The molecule has 5 rings (SSSR count). The summed E-state index contributed by atoms with van der Waals surface area (Å²) in [5.74, 6) is 0.813. The number of aromatic nitrogens is 5. The zero-order chi connectivity index (χ0) is 18.9. The normalized spacial score (nSPS) is 11.0. The first kappa shape index (κ1) is 16.3. The maximum absolute atomic E-state index is 5.22. The van der Waals surface area contributed by atoms with Crippen LogP contribution in [0.5, 0.6) is 5.75 Å². The fourth-order valence-corrected chi connectivity index (χ4v) is 3.23. The Morgan fingerprint density at radius 3 is 2.46 bits per heavy atom. The van der Waals surface area contributed by atoms with Gasteiger partial charge in [-0.15, -0.1) is 5.10 Å². The van der Waals surface area contributed by atoms with E-state index in [0.717, 1.165) is 39.6 Å². The van der Waals surface area contributed by atoms with Gasteiger partial charge in [0.05, 0.1) is 24.7 Å². The molecule has 0 saturated heterocycles.